The van der Waals surface area contributed by atoms with Crippen LogP contribution >= 0.6 is 45.9 Å². The minimum absolute atomic E-state index is 0.0321. The lowest BCUT2D eigenvalue weighted by atomic mass is 9.51. The molecule has 0 unspecified atom stereocenters. The Labute approximate surface area is 187 Å². The number of fused-ring (bicyclic) bond motifs is 2. The van der Waals surface area contributed by atoms with Gasteiger partial charge in [0.1, 0.15) is 20.4 Å². The summed E-state index contributed by atoms with van der Waals surface area (Å²) in [7, 11) is 0. The summed E-state index contributed by atoms with van der Waals surface area (Å²) in [6.45, 7) is 4.35. The maximum Gasteiger partial charge on any atom is 0.416 e. The predicted octanol–water partition coefficient (Wildman–Crippen LogP) is 6.28. The largest absolute Gasteiger partial charge is 0.416 e. The van der Waals surface area contributed by atoms with E-state index in [1.807, 2.05) is 13.6 Å². The van der Waals surface area contributed by atoms with E-state index in [-0.39, 0.29) is 18.8 Å². The number of benzene rings is 1. The fourth-order valence-corrected chi connectivity index (χ4v) is 5.84. The zero-order chi connectivity index (χ0) is 21.8. The average Bonchev–Trinajstić information content (AvgIpc) is 3.16. The van der Waals surface area contributed by atoms with Crippen LogP contribution in [0.5, 0.6) is 0 Å². The van der Waals surface area contributed by atoms with Gasteiger partial charge in [-0.2, -0.15) is 18.3 Å². The molecule has 0 N–H and O–H groups in total. The van der Waals surface area contributed by atoms with Crippen molar-refractivity contribution in [3.05, 3.63) is 53.5 Å². The molecular weight excluding hydrogens is 477 g/mol. The summed E-state index contributed by atoms with van der Waals surface area (Å²) in [5.74, 6) is 0. The molecule has 0 radical (unpaired) electrons. The molecule has 0 bridgehead atoms. The third-order valence-electron chi connectivity index (χ3n) is 4.45. The first kappa shape index (κ1) is 21.6. The molecule has 0 saturated carbocycles. The van der Waals surface area contributed by atoms with E-state index in [1.54, 1.807) is 0 Å². The minimum Gasteiger partial charge on any atom is -0.267 e. The Morgan fingerprint density at radius 1 is 1.13 bits per heavy atom. The van der Waals surface area contributed by atoms with Gasteiger partial charge < -0.3 is 0 Å². The van der Waals surface area contributed by atoms with Crippen molar-refractivity contribution in [1.82, 2.24) is 14.8 Å². The number of thiazole rings is 1. The van der Waals surface area contributed by atoms with E-state index in [0.717, 1.165) is 23.5 Å². The van der Waals surface area contributed by atoms with Crippen LogP contribution in [0.2, 0.25) is 22.3 Å². The molecule has 0 aliphatic carbocycles. The molecule has 0 aliphatic heterocycles. The summed E-state index contributed by atoms with van der Waals surface area (Å²) in [4.78, 5) is 17.3. The second kappa shape index (κ2) is 7.82. The van der Waals surface area contributed by atoms with Gasteiger partial charge in [-0.3, -0.25) is 4.79 Å². The molecule has 0 saturated heterocycles. The SMILES string of the molecule is CB(C)Cc1nn(Cc2nc3cc(C(F)(F)F)ccc3s2)c(=O)c2c(Cl)sc(Cl)c12. The summed E-state index contributed by atoms with van der Waals surface area (Å²) in [6, 6.07) is 3.42. The number of hydrogen-bond acceptors (Lipinski definition) is 5. The monoisotopic (exact) mass is 489 g/mol. The highest BCUT2D eigenvalue weighted by molar-refractivity contribution is 7.22. The number of rotatable bonds is 4. The lowest BCUT2D eigenvalue weighted by molar-refractivity contribution is -0.137. The van der Waals surface area contributed by atoms with E-state index in [0.29, 0.717) is 41.2 Å². The van der Waals surface area contributed by atoms with Crippen molar-refractivity contribution in [3.8, 4) is 0 Å². The fraction of sp³-hybridized carbons (Fsp3) is 0.278. The summed E-state index contributed by atoms with van der Waals surface area (Å²) in [6.07, 6.45) is -3.85. The zero-order valence-electron chi connectivity index (χ0n) is 15.7. The topological polar surface area (TPSA) is 47.8 Å². The Balaban J connectivity index is 1.81. The van der Waals surface area contributed by atoms with Crippen molar-refractivity contribution in [2.45, 2.75) is 32.7 Å². The van der Waals surface area contributed by atoms with Crippen LogP contribution in [0.4, 0.5) is 13.2 Å². The molecule has 156 valence electrons. The smallest absolute Gasteiger partial charge is 0.267 e. The molecule has 3 heterocycles. The lowest BCUT2D eigenvalue weighted by Gasteiger charge is -2.09. The number of hydrogen-bond donors (Lipinski definition) is 0. The molecule has 0 aliphatic rings. The molecule has 4 nitrogen and oxygen atoms in total. The van der Waals surface area contributed by atoms with E-state index in [4.69, 9.17) is 23.2 Å². The molecule has 1 aromatic carbocycles. The van der Waals surface area contributed by atoms with Crippen LogP contribution in [0.15, 0.2) is 23.0 Å². The van der Waals surface area contributed by atoms with Crippen LogP contribution in [0.1, 0.15) is 16.3 Å². The standard InChI is InChI=1S/C18H13BCl2F3N3OS2/c1-19(2)6-10-13-14(16(21)30-15(13)20)17(28)27(26-10)7-12-25-9-5-8(18(22,23)24)3-4-11(9)29-12/h3-5H,6-7H2,1-2H3. The Morgan fingerprint density at radius 3 is 2.50 bits per heavy atom. The Kier molecular flexibility index (Phi) is 5.63. The van der Waals surface area contributed by atoms with Gasteiger partial charge in [-0.25, -0.2) is 9.67 Å². The second-order valence-corrected chi connectivity index (χ2v) is 10.5. The third kappa shape index (κ3) is 3.98. The van der Waals surface area contributed by atoms with E-state index in [9.17, 15) is 18.0 Å². The van der Waals surface area contributed by atoms with E-state index in [2.05, 4.69) is 10.1 Å². The van der Waals surface area contributed by atoms with Gasteiger partial charge in [0, 0.05) is 5.39 Å². The first-order valence-electron chi connectivity index (χ1n) is 8.88. The van der Waals surface area contributed by atoms with Crippen LogP contribution in [-0.4, -0.2) is 21.5 Å². The Bertz CT molecular complexity index is 1330. The van der Waals surface area contributed by atoms with Crippen LogP contribution in [0.3, 0.4) is 0 Å². The highest BCUT2D eigenvalue weighted by atomic mass is 35.5. The van der Waals surface area contributed by atoms with Crippen molar-refractivity contribution < 1.29 is 13.2 Å². The molecule has 3 aromatic heterocycles. The van der Waals surface area contributed by atoms with Crippen molar-refractivity contribution >= 4 is 73.6 Å². The summed E-state index contributed by atoms with van der Waals surface area (Å²) in [5.41, 5.74) is -0.269. The third-order valence-corrected chi connectivity index (χ3v) is 7.08. The van der Waals surface area contributed by atoms with Gasteiger partial charge >= 0.3 is 6.18 Å². The molecule has 12 heteroatoms. The molecule has 4 rings (SSSR count). The zero-order valence-corrected chi connectivity index (χ0v) is 18.8. The molecule has 0 fully saturated rings. The first-order valence-corrected chi connectivity index (χ1v) is 11.3. The molecular formula is C18H13BCl2F3N3OS2. The number of nitrogens with zero attached hydrogens (tertiary/aromatic N) is 3. The Hall–Kier alpha value is -1.62. The normalized spacial score (nSPS) is 12.2. The highest BCUT2D eigenvalue weighted by Crippen LogP contribution is 2.38. The van der Waals surface area contributed by atoms with Gasteiger partial charge in [-0.05, 0) is 24.5 Å². The molecule has 0 spiro atoms. The van der Waals surface area contributed by atoms with Crippen molar-refractivity contribution in [3.63, 3.8) is 0 Å². The lowest BCUT2D eigenvalue weighted by Crippen LogP contribution is -2.26. The number of alkyl halides is 3. The highest BCUT2D eigenvalue weighted by Gasteiger charge is 2.31. The quantitative estimate of drug-likeness (QED) is 0.317. The molecule has 0 amide bonds. The van der Waals surface area contributed by atoms with Gasteiger partial charge in [0.25, 0.3) is 5.56 Å². The first-order chi connectivity index (χ1) is 14.0. The summed E-state index contributed by atoms with van der Waals surface area (Å²) < 4.78 is 41.4. The predicted molar refractivity (Wildman–Crippen MR) is 119 cm³/mol. The minimum atomic E-state index is -4.44. The van der Waals surface area contributed by atoms with E-state index < -0.39 is 17.3 Å². The van der Waals surface area contributed by atoms with Crippen LogP contribution in [0.25, 0.3) is 21.0 Å². The number of aromatic nitrogens is 3. The Morgan fingerprint density at radius 2 is 1.83 bits per heavy atom. The van der Waals surface area contributed by atoms with Gasteiger partial charge in [0.05, 0.1) is 33.4 Å². The average molecular weight is 490 g/mol. The summed E-state index contributed by atoms with van der Waals surface area (Å²) in [5, 5.41) is 5.86. The van der Waals surface area contributed by atoms with Crippen LogP contribution < -0.4 is 5.56 Å². The van der Waals surface area contributed by atoms with Crippen LogP contribution in [-0.2, 0) is 19.0 Å². The van der Waals surface area contributed by atoms with Crippen molar-refractivity contribution in [2.75, 3.05) is 0 Å². The fourth-order valence-electron chi connectivity index (χ4n) is 3.18. The van der Waals surface area contributed by atoms with E-state index >= 15 is 0 Å². The van der Waals surface area contributed by atoms with Gasteiger partial charge in [-0.1, -0.05) is 36.8 Å². The van der Waals surface area contributed by atoms with Crippen molar-refractivity contribution in [1.29, 1.82) is 0 Å². The van der Waals surface area contributed by atoms with Gasteiger partial charge in [-0.15, -0.1) is 22.7 Å². The maximum atomic E-state index is 13.0. The summed E-state index contributed by atoms with van der Waals surface area (Å²) >= 11 is 14.9. The van der Waals surface area contributed by atoms with Gasteiger partial charge in [0.15, 0.2) is 0 Å². The molecule has 0 atom stereocenters. The second-order valence-electron chi connectivity index (χ2n) is 7.19. The number of thiophene rings is 1. The van der Waals surface area contributed by atoms with Gasteiger partial charge in [0.2, 0.25) is 0 Å². The van der Waals surface area contributed by atoms with E-state index in [1.165, 1.54) is 22.1 Å². The molecule has 4 aromatic rings. The molecule has 30 heavy (non-hydrogen) atoms. The van der Waals surface area contributed by atoms with Crippen molar-refractivity contribution in [2.24, 2.45) is 0 Å². The van der Waals surface area contributed by atoms with Crippen LogP contribution in [0, 0.1) is 0 Å². The maximum absolute atomic E-state index is 13.0. The number of halogens is 5.